The van der Waals surface area contributed by atoms with Crippen molar-refractivity contribution in [2.75, 3.05) is 57.2 Å². The average molecular weight is 1820 g/mol. The lowest BCUT2D eigenvalue weighted by Crippen LogP contribution is -2.34. The smallest absolute Gasteiger partial charge is 0.356 e. The Morgan fingerprint density at radius 1 is 0.269 bits per heavy atom. The maximum atomic E-state index is 14.3. The Hall–Kier alpha value is -11.8. The van der Waals surface area contributed by atoms with Crippen LogP contribution < -0.4 is 24.5 Å². The lowest BCUT2D eigenvalue weighted by atomic mass is 9.63. The second-order valence-corrected chi connectivity index (χ2v) is 43.9. The van der Waals surface area contributed by atoms with Gasteiger partial charge in [0.1, 0.15) is 5.82 Å². The zero-order valence-electron chi connectivity index (χ0n) is 84.9. The van der Waals surface area contributed by atoms with E-state index >= 15 is 0 Å². The number of fused-ring (bicyclic) bond motifs is 5. The predicted molar refractivity (Wildman–Crippen MR) is 544 cm³/mol. The Labute approximate surface area is 796 Å². The number of carbonyl (C=O) groups is 5. The Balaban J connectivity index is 0.000000161. The van der Waals surface area contributed by atoms with Gasteiger partial charge in [-0.2, -0.15) is 0 Å². The van der Waals surface area contributed by atoms with Crippen LogP contribution in [0.2, 0.25) is 0 Å². The van der Waals surface area contributed by atoms with Gasteiger partial charge < -0.3 is 50.0 Å². The number of anilines is 10. The molecule has 19 nitrogen and oxygen atoms in total. The van der Waals surface area contributed by atoms with Gasteiger partial charge in [0.2, 0.25) is 0 Å². The summed E-state index contributed by atoms with van der Waals surface area (Å²) in [4.78, 5) is 82.9. The number of halogens is 1. The molecule has 2 aromatic heterocycles. The van der Waals surface area contributed by atoms with Crippen LogP contribution in [0, 0.1) is 26.6 Å². The van der Waals surface area contributed by atoms with Gasteiger partial charge in [-0.3, -0.25) is 0 Å². The molecule has 5 N–H and O–H groups in total. The Morgan fingerprint density at radius 3 is 0.791 bits per heavy atom. The normalized spacial score (nSPS) is 17.3. The summed E-state index contributed by atoms with van der Waals surface area (Å²) in [5.74, 6) is -4.54. The van der Waals surface area contributed by atoms with Crippen LogP contribution in [-0.4, -0.2) is 108 Å². The van der Waals surface area contributed by atoms with E-state index in [2.05, 4.69) is 304 Å². The van der Waals surface area contributed by atoms with Gasteiger partial charge in [0.15, 0.2) is 23.0 Å². The number of aromatic carboxylic acids is 5. The largest absolute Gasteiger partial charge is 0.478 e. The molecule has 0 radical (unpaired) electrons. The lowest BCUT2D eigenvalue weighted by Gasteiger charge is -2.43. The van der Waals surface area contributed by atoms with E-state index in [9.17, 15) is 28.4 Å². The van der Waals surface area contributed by atoms with Crippen molar-refractivity contribution in [3.8, 4) is 0 Å². The molecule has 20 heteroatoms. The summed E-state index contributed by atoms with van der Waals surface area (Å²) in [6.07, 6.45) is 17.5. The van der Waals surface area contributed by atoms with E-state index in [0.29, 0.717) is 35.0 Å². The van der Waals surface area contributed by atoms with Crippen LogP contribution in [0.5, 0.6) is 0 Å². The quantitative estimate of drug-likeness (QED) is 0.0475. The minimum Gasteiger partial charge on any atom is -0.478 e. The minimum absolute atomic E-state index is 0.0418. The molecule has 2 heterocycles. The number of carboxylic acid groups (broad SMARTS) is 5. The third kappa shape index (κ3) is 21.8. The molecule has 8 aromatic carbocycles. The van der Waals surface area contributed by atoms with Crippen LogP contribution in [0.3, 0.4) is 0 Å². The molecule has 0 bridgehead atoms. The van der Waals surface area contributed by atoms with Crippen molar-refractivity contribution in [1.29, 1.82) is 0 Å². The number of aromatic nitrogens is 4. The molecule has 0 spiro atoms. The lowest BCUT2D eigenvalue weighted by molar-refractivity contribution is 0.0679. The molecule has 0 aliphatic heterocycles. The van der Waals surface area contributed by atoms with Gasteiger partial charge >= 0.3 is 29.8 Å². The van der Waals surface area contributed by atoms with Crippen molar-refractivity contribution in [3.63, 3.8) is 0 Å². The van der Waals surface area contributed by atoms with Crippen LogP contribution >= 0.6 is 0 Å². The first-order valence-electron chi connectivity index (χ1n) is 47.9. The Morgan fingerprint density at radius 2 is 0.515 bits per heavy atom. The fourth-order valence-corrected chi connectivity index (χ4v) is 20.5. The highest BCUT2D eigenvalue weighted by atomic mass is 19.1. The van der Waals surface area contributed by atoms with Crippen LogP contribution in [0.4, 0.5) is 61.5 Å². The summed E-state index contributed by atoms with van der Waals surface area (Å²) in [6.45, 7) is 67.1. The first-order valence-corrected chi connectivity index (χ1v) is 47.9. The summed E-state index contributed by atoms with van der Waals surface area (Å²) in [6, 6.07) is 46.1. The van der Waals surface area contributed by atoms with E-state index in [0.717, 1.165) is 85.9 Å². The van der Waals surface area contributed by atoms with E-state index in [1.807, 2.05) is 31.2 Å². The highest BCUT2D eigenvalue weighted by Crippen LogP contribution is 2.54. The second-order valence-electron chi connectivity index (χ2n) is 43.9. The summed E-state index contributed by atoms with van der Waals surface area (Å²) in [5.41, 5.74) is 28.0. The molecule has 0 atom stereocenters. The standard InChI is InChI=1S/C24H30FNO2.C24H31NO2.C23H29NO2.C22H29N3O2.C21H27N3O2/c1-7-26(16-8-9-17(22(27)28)20(25)13-16)21-14-19-18(12-15(21)2)23(3,4)10-11-24(19,5)6;1-7-25(18-10-8-17(9-11-18)22(26)27)21-15-20-19(14-16(21)2)23(3,4)12-13-24(20,5)6;1-6-24(17-9-7-16(8-10-17)21(25)26)18-11-12-19-20(15-18)23(4,5)14-13-22(19,2)3;1-7-25(19-13-23-17(12-24-19)20(26)27)18-11-16-15(10-14(18)2)21(3,4)8-9-22(16,5)6;1-6-24(18-13-22-17(12-23-18)19(25)26)14-7-8-15-16(11-14)21(4,5)10-9-20(15,2)3/h8-9,12-14H,7,10-11H2,1-6H3,(H,27,28);8-11,14-15H,7,12-13H2,1-6H3,(H,26,27);7-12,15H,6,13-14H2,1-5H3,(H,25,26);10-13H,7-9H2,1-6H3,(H,26,27);7-8,11-13H,6,9-10H2,1-5H3,(H,25,26). The van der Waals surface area contributed by atoms with Gasteiger partial charge in [0, 0.05) is 78.2 Å². The summed E-state index contributed by atoms with van der Waals surface area (Å²) in [7, 11) is 0. The number of benzene rings is 8. The molecule has 0 saturated heterocycles. The van der Waals surface area contributed by atoms with Gasteiger partial charge in [-0.25, -0.2) is 48.3 Å². The molecule has 0 saturated carbocycles. The maximum absolute atomic E-state index is 14.3. The molecule has 0 unspecified atom stereocenters. The number of carboxylic acids is 5. The van der Waals surface area contributed by atoms with Gasteiger partial charge in [0.05, 0.1) is 41.5 Å². The van der Waals surface area contributed by atoms with E-state index < -0.39 is 35.7 Å². The molecule has 5 aliphatic rings. The average Bonchev–Trinajstić information content (AvgIpc) is 0.847. The van der Waals surface area contributed by atoms with E-state index in [4.69, 9.17) is 25.5 Å². The highest BCUT2D eigenvalue weighted by Gasteiger charge is 2.44. The number of aryl methyl sites for hydroxylation is 3. The molecule has 714 valence electrons. The third-order valence-corrected chi connectivity index (χ3v) is 29.9. The Kier molecular flexibility index (Phi) is 30.1. The van der Waals surface area contributed by atoms with Crippen LogP contribution in [0.15, 0.2) is 164 Å². The number of rotatable bonds is 20. The summed E-state index contributed by atoms with van der Waals surface area (Å²) >= 11 is 0. The van der Waals surface area contributed by atoms with E-state index in [1.54, 1.807) is 36.5 Å². The third-order valence-electron chi connectivity index (χ3n) is 29.9. The Bertz CT molecular complexity index is 5720. The first-order chi connectivity index (χ1) is 62.4. The molecule has 0 fully saturated rings. The van der Waals surface area contributed by atoms with Crippen molar-refractivity contribution in [1.82, 2.24) is 19.9 Å². The van der Waals surface area contributed by atoms with E-state index in [1.165, 1.54) is 147 Å². The molecule has 134 heavy (non-hydrogen) atoms. The molecule has 10 aromatic rings. The number of nitrogens with zero attached hydrogens (tertiary/aromatic N) is 9. The first kappa shape index (κ1) is 103. The van der Waals surface area contributed by atoms with Crippen LogP contribution in [-0.2, 0) is 54.1 Å². The molecular formula is C114H146FN9O10. The highest BCUT2D eigenvalue weighted by molar-refractivity contribution is 5.91. The van der Waals surface area contributed by atoms with Crippen molar-refractivity contribution in [2.45, 2.75) is 312 Å². The number of hydrogen-bond donors (Lipinski definition) is 5. The zero-order chi connectivity index (χ0) is 99.0. The van der Waals surface area contributed by atoms with E-state index in [-0.39, 0.29) is 71.1 Å². The van der Waals surface area contributed by atoms with Crippen LogP contribution in [0.25, 0.3) is 0 Å². The zero-order valence-corrected chi connectivity index (χ0v) is 84.9. The summed E-state index contributed by atoms with van der Waals surface area (Å²) in [5, 5.41) is 45.4. The predicted octanol–water partition coefficient (Wildman–Crippen LogP) is 28.1. The van der Waals surface area contributed by atoms with Crippen molar-refractivity contribution < 1.29 is 53.9 Å². The van der Waals surface area contributed by atoms with Gasteiger partial charge in [-0.05, 0) is 355 Å². The summed E-state index contributed by atoms with van der Waals surface area (Å²) < 4.78 is 14.3. The minimum atomic E-state index is -1.25. The fraction of sp³-hybridized carbons (Fsp3) is 0.465. The molecular weight excluding hydrogens is 1670 g/mol. The second kappa shape index (κ2) is 39.3. The fourth-order valence-electron chi connectivity index (χ4n) is 20.5. The van der Waals surface area contributed by atoms with Gasteiger partial charge in [-0.15, -0.1) is 0 Å². The van der Waals surface area contributed by atoms with Crippen molar-refractivity contribution in [3.05, 3.63) is 271 Å². The molecule has 0 amide bonds. The topological polar surface area (TPSA) is 254 Å². The van der Waals surface area contributed by atoms with Crippen molar-refractivity contribution in [2.24, 2.45) is 0 Å². The monoisotopic (exact) mass is 1820 g/mol. The number of hydrogen-bond acceptors (Lipinski definition) is 14. The van der Waals surface area contributed by atoms with Crippen molar-refractivity contribution >= 4 is 87.0 Å². The molecule has 15 rings (SSSR count). The SMILES string of the molecule is CCN(c1ccc(C(=O)O)c(F)c1)c1cc2c(cc1C)C(C)(C)CCC2(C)C.CCN(c1ccc(C(=O)O)cc1)c1cc2c(cc1C)C(C)(C)CCC2(C)C.CCN(c1ccc(C(=O)O)cc1)c1ccc2c(c1)C(C)(C)CCC2(C)C.CCN(c1ccc2c(c1)C(C)(C)CCC2(C)C)c1cnc(C(=O)O)cn1.CCN(c1cnc(C(=O)O)cn1)c1cc2c(cc1C)C(C)(C)CCC2(C)C. The van der Waals surface area contributed by atoms with Crippen LogP contribution in [0.1, 0.15) is 362 Å². The van der Waals surface area contributed by atoms with Gasteiger partial charge in [0.25, 0.3) is 0 Å². The van der Waals surface area contributed by atoms with Gasteiger partial charge in [-0.1, -0.05) is 169 Å². The molecule has 5 aliphatic carbocycles. The maximum Gasteiger partial charge on any atom is 0.356 e.